The summed E-state index contributed by atoms with van der Waals surface area (Å²) >= 11 is 1.48. The third-order valence-corrected chi connectivity index (χ3v) is 6.12. The third kappa shape index (κ3) is 4.55. The van der Waals surface area contributed by atoms with Crippen LogP contribution in [0.1, 0.15) is 52.4 Å². The zero-order valence-electron chi connectivity index (χ0n) is 15.5. The maximum Gasteiger partial charge on any atom is 0.349 e. The normalized spacial score (nSPS) is 16.7. The number of amides is 1. The van der Waals surface area contributed by atoms with Crippen molar-refractivity contribution in [2.45, 2.75) is 45.6 Å². The van der Waals surface area contributed by atoms with Crippen LogP contribution < -0.4 is 5.32 Å². The molecule has 1 aromatic heterocycles. The van der Waals surface area contributed by atoms with Crippen molar-refractivity contribution >= 4 is 28.9 Å². The van der Waals surface area contributed by atoms with Gasteiger partial charge >= 0.3 is 5.97 Å². The fourth-order valence-corrected chi connectivity index (χ4v) is 4.28. The van der Waals surface area contributed by atoms with E-state index in [0.717, 1.165) is 19.3 Å². The van der Waals surface area contributed by atoms with E-state index in [0.29, 0.717) is 22.0 Å². The van der Waals surface area contributed by atoms with E-state index in [2.05, 4.69) is 12.2 Å². The number of anilines is 1. The zero-order chi connectivity index (χ0) is 19.4. The van der Waals surface area contributed by atoms with Gasteiger partial charge in [0.25, 0.3) is 5.91 Å². The molecule has 5 nitrogen and oxygen atoms in total. The van der Waals surface area contributed by atoms with Crippen molar-refractivity contribution in [1.82, 2.24) is 0 Å². The predicted octanol–water partition coefficient (Wildman–Crippen LogP) is 4.32. The molecule has 0 saturated heterocycles. The van der Waals surface area contributed by atoms with Crippen molar-refractivity contribution in [3.63, 3.8) is 0 Å². The van der Waals surface area contributed by atoms with Crippen LogP contribution in [0.2, 0.25) is 0 Å². The molecule has 1 aromatic carbocycles. The summed E-state index contributed by atoms with van der Waals surface area (Å²) in [4.78, 5) is 26.5. The van der Waals surface area contributed by atoms with Crippen LogP contribution in [0.15, 0.2) is 30.3 Å². The lowest BCUT2D eigenvalue weighted by molar-refractivity contribution is -0.123. The maximum absolute atomic E-state index is 12.4. The number of thiophene rings is 1. The van der Waals surface area contributed by atoms with Gasteiger partial charge in [-0.3, -0.25) is 4.79 Å². The SMILES string of the molecule is CC[C@@H]1CCc2sc(C(=O)O[C@H](C)C(=O)Nc3ccc(C#N)cc3)cc2C1. The summed E-state index contributed by atoms with van der Waals surface area (Å²) < 4.78 is 5.35. The van der Waals surface area contributed by atoms with Crippen LogP contribution in [0.5, 0.6) is 0 Å². The first kappa shape index (κ1) is 19.1. The molecule has 0 saturated carbocycles. The van der Waals surface area contributed by atoms with Gasteiger partial charge in [0.15, 0.2) is 6.10 Å². The molecule has 1 N–H and O–H groups in total. The minimum absolute atomic E-state index is 0.402. The van der Waals surface area contributed by atoms with Gasteiger partial charge in [0.2, 0.25) is 0 Å². The lowest BCUT2D eigenvalue weighted by Gasteiger charge is -2.19. The predicted molar refractivity (Wildman–Crippen MR) is 105 cm³/mol. The Morgan fingerprint density at radius 1 is 1.37 bits per heavy atom. The molecular weight excluding hydrogens is 360 g/mol. The third-order valence-electron chi connectivity index (χ3n) is 4.90. The summed E-state index contributed by atoms with van der Waals surface area (Å²) in [5.74, 6) is -0.168. The first-order chi connectivity index (χ1) is 13.0. The van der Waals surface area contributed by atoms with Gasteiger partial charge in [-0.05, 0) is 68.0 Å². The van der Waals surface area contributed by atoms with Gasteiger partial charge in [0.05, 0.1) is 11.6 Å². The number of esters is 1. The standard InChI is InChI=1S/C21H22N2O3S/c1-3-14-6-9-18-16(10-14)11-19(27-18)21(25)26-13(2)20(24)23-17-7-4-15(12-22)5-8-17/h4-5,7-8,11,13-14H,3,6,9-10H2,1-2H3,(H,23,24)/t13-,14-/m1/s1. The molecule has 140 valence electrons. The smallest absolute Gasteiger partial charge is 0.349 e. The lowest BCUT2D eigenvalue weighted by atomic mass is 9.87. The van der Waals surface area contributed by atoms with Gasteiger partial charge in [-0.2, -0.15) is 5.26 Å². The number of aryl methyl sites for hydroxylation is 1. The summed E-state index contributed by atoms with van der Waals surface area (Å²) in [6.07, 6.45) is 3.45. The van der Waals surface area contributed by atoms with E-state index < -0.39 is 18.0 Å². The van der Waals surface area contributed by atoms with Crippen LogP contribution in [0.4, 0.5) is 5.69 Å². The Morgan fingerprint density at radius 3 is 2.78 bits per heavy atom. The number of carbonyl (C=O) groups excluding carboxylic acids is 2. The van der Waals surface area contributed by atoms with E-state index in [9.17, 15) is 9.59 Å². The van der Waals surface area contributed by atoms with Crippen LogP contribution in [0.25, 0.3) is 0 Å². The Hall–Kier alpha value is -2.65. The largest absolute Gasteiger partial charge is 0.448 e. The number of hydrogen-bond acceptors (Lipinski definition) is 5. The number of hydrogen-bond donors (Lipinski definition) is 1. The minimum atomic E-state index is -0.907. The first-order valence-electron chi connectivity index (χ1n) is 9.13. The van der Waals surface area contributed by atoms with Gasteiger partial charge in [-0.1, -0.05) is 13.3 Å². The Morgan fingerprint density at radius 2 is 2.11 bits per heavy atom. The highest BCUT2D eigenvalue weighted by atomic mass is 32.1. The summed E-state index contributed by atoms with van der Waals surface area (Å²) in [7, 11) is 0. The molecule has 1 amide bonds. The van der Waals surface area contributed by atoms with Gasteiger partial charge in [-0.25, -0.2) is 4.79 Å². The molecule has 2 aromatic rings. The maximum atomic E-state index is 12.4. The van der Waals surface area contributed by atoms with Crippen molar-refractivity contribution in [2.75, 3.05) is 5.32 Å². The number of carbonyl (C=O) groups is 2. The van der Waals surface area contributed by atoms with Gasteiger partial charge in [0, 0.05) is 10.6 Å². The van der Waals surface area contributed by atoms with Gasteiger partial charge < -0.3 is 10.1 Å². The molecule has 6 heteroatoms. The molecule has 1 aliphatic rings. The summed E-state index contributed by atoms with van der Waals surface area (Å²) in [6.45, 7) is 3.75. The van der Waals surface area contributed by atoms with Crippen LogP contribution >= 0.6 is 11.3 Å². The van der Waals surface area contributed by atoms with Crippen molar-refractivity contribution in [3.05, 3.63) is 51.2 Å². The van der Waals surface area contributed by atoms with Gasteiger partial charge in [0.1, 0.15) is 4.88 Å². The molecule has 0 unspecified atom stereocenters. The van der Waals surface area contributed by atoms with Crippen molar-refractivity contribution in [2.24, 2.45) is 5.92 Å². The molecule has 0 spiro atoms. The quantitative estimate of drug-likeness (QED) is 0.781. The molecule has 2 atom stereocenters. The molecule has 0 bridgehead atoms. The number of nitrogens with one attached hydrogen (secondary N) is 1. The molecule has 1 aliphatic carbocycles. The molecule has 0 aliphatic heterocycles. The molecule has 27 heavy (non-hydrogen) atoms. The van der Waals surface area contributed by atoms with Crippen LogP contribution in [-0.2, 0) is 22.4 Å². The summed E-state index contributed by atoms with van der Waals surface area (Å²) in [6, 6.07) is 10.5. The first-order valence-corrected chi connectivity index (χ1v) is 9.95. The second-order valence-corrected chi connectivity index (χ2v) is 7.94. The number of fused-ring (bicyclic) bond motifs is 1. The Kier molecular flexibility index (Phi) is 5.92. The second-order valence-electron chi connectivity index (χ2n) is 6.80. The number of benzene rings is 1. The van der Waals surface area contributed by atoms with E-state index in [1.807, 2.05) is 12.1 Å². The van der Waals surface area contributed by atoms with E-state index in [-0.39, 0.29) is 0 Å². The highest BCUT2D eigenvalue weighted by Gasteiger charge is 2.25. The van der Waals surface area contributed by atoms with Crippen molar-refractivity contribution in [1.29, 1.82) is 5.26 Å². The molecule has 0 fully saturated rings. The molecule has 1 heterocycles. The van der Waals surface area contributed by atoms with Crippen LogP contribution in [-0.4, -0.2) is 18.0 Å². The van der Waals surface area contributed by atoms with E-state index in [1.165, 1.54) is 28.2 Å². The molecular formula is C21H22N2O3S. The van der Waals surface area contributed by atoms with Crippen molar-refractivity contribution in [3.8, 4) is 6.07 Å². The van der Waals surface area contributed by atoms with Gasteiger partial charge in [-0.15, -0.1) is 11.3 Å². The highest BCUT2D eigenvalue weighted by molar-refractivity contribution is 7.14. The monoisotopic (exact) mass is 382 g/mol. The summed E-state index contributed by atoms with van der Waals surface area (Å²) in [5, 5.41) is 11.5. The van der Waals surface area contributed by atoms with E-state index in [1.54, 1.807) is 31.2 Å². The van der Waals surface area contributed by atoms with E-state index in [4.69, 9.17) is 10.00 Å². The highest BCUT2D eigenvalue weighted by Crippen LogP contribution is 2.33. The Balaban J connectivity index is 1.59. The summed E-state index contributed by atoms with van der Waals surface area (Å²) in [5.41, 5.74) is 2.32. The molecule has 3 rings (SSSR count). The van der Waals surface area contributed by atoms with E-state index >= 15 is 0 Å². The topological polar surface area (TPSA) is 79.2 Å². The van der Waals surface area contributed by atoms with Crippen LogP contribution in [0.3, 0.4) is 0 Å². The number of ether oxygens (including phenoxy) is 1. The second kappa shape index (κ2) is 8.36. The molecule has 0 radical (unpaired) electrons. The Bertz CT molecular complexity index is 880. The number of rotatable bonds is 5. The lowest BCUT2D eigenvalue weighted by Crippen LogP contribution is -2.29. The number of nitrogens with zero attached hydrogens (tertiary/aromatic N) is 1. The average molecular weight is 382 g/mol. The Labute approximate surface area is 163 Å². The number of nitriles is 1. The minimum Gasteiger partial charge on any atom is -0.448 e. The average Bonchev–Trinajstić information content (AvgIpc) is 3.11. The fraction of sp³-hybridized carbons (Fsp3) is 0.381. The van der Waals surface area contributed by atoms with Crippen molar-refractivity contribution < 1.29 is 14.3 Å². The fourth-order valence-electron chi connectivity index (χ4n) is 3.19. The van der Waals surface area contributed by atoms with Crippen LogP contribution in [0, 0.1) is 17.2 Å². The zero-order valence-corrected chi connectivity index (χ0v) is 16.3.